The van der Waals surface area contributed by atoms with Crippen molar-refractivity contribution in [1.29, 1.82) is 0 Å². The third kappa shape index (κ3) is 4.00. The molecule has 1 N–H and O–H groups in total. The molecule has 0 bridgehead atoms. The third-order valence-corrected chi connectivity index (χ3v) is 3.73. The lowest BCUT2D eigenvalue weighted by atomic mass is 10.2. The van der Waals surface area contributed by atoms with Gasteiger partial charge in [-0.05, 0) is 36.8 Å². The number of nitrogens with one attached hydrogen (secondary N) is 1. The predicted molar refractivity (Wildman–Crippen MR) is 98.0 cm³/mol. The van der Waals surface area contributed by atoms with E-state index in [2.05, 4.69) is 15.5 Å². The standard InChI is InChI=1S/C19H20N4O3/c1-3-6-14-8-9-15(16(11-14)25-2)26-13-19(24)20-12-18-22-21-17-7-4-5-10-23(17)18/h3-11H,12-13H2,1-2H3,(H,20,24). The monoisotopic (exact) mass is 352 g/mol. The molecule has 3 rings (SSSR count). The first-order valence-electron chi connectivity index (χ1n) is 8.20. The number of ether oxygens (including phenoxy) is 2. The molecule has 0 spiro atoms. The van der Waals surface area contributed by atoms with Crippen LogP contribution in [-0.2, 0) is 11.3 Å². The zero-order chi connectivity index (χ0) is 18.4. The molecule has 0 aliphatic carbocycles. The van der Waals surface area contributed by atoms with E-state index in [0.29, 0.717) is 17.3 Å². The summed E-state index contributed by atoms with van der Waals surface area (Å²) in [5.41, 5.74) is 1.73. The van der Waals surface area contributed by atoms with Crippen LogP contribution in [0.15, 0.2) is 48.7 Å². The zero-order valence-corrected chi connectivity index (χ0v) is 14.7. The number of aromatic nitrogens is 3. The molecule has 0 atom stereocenters. The van der Waals surface area contributed by atoms with Crippen LogP contribution in [-0.4, -0.2) is 34.2 Å². The number of amides is 1. The van der Waals surface area contributed by atoms with E-state index in [4.69, 9.17) is 9.47 Å². The highest BCUT2D eigenvalue weighted by Gasteiger charge is 2.10. The van der Waals surface area contributed by atoms with Crippen molar-refractivity contribution < 1.29 is 14.3 Å². The Morgan fingerprint density at radius 2 is 2.12 bits per heavy atom. The molecule has 2 aromatic heterocycles. The minimum atomic E-state index is -0.253. The largest absolute Gasteiger partial charge is 0.493 e. The maximum atomic E-state index is 12.1. The minimum absolute atomic E-state index is 0.115. The molecule has 0 saturated carbocycles. The van der Waals surface area contributed by atoms with E-state index >= 15 is 0 Å². The number of pyridine rings is 1. The number of carbonyl (C=O) groups is 1. The Morgan fingerprint density at radius 3 is 2.92 bits per heavy atom. The van der Waals surface area contributed by atoms with Gasteiger partial charge in [0.15, 0.2) is 29.6 Å². The molecule has 134 valence electrons. The summed E-state index contributed by atoms with van der Waals surface area (Å²) in [6.07, 6.45) is 5.75. The molecular weight excluding hydrogens is 332 g/mol. The highest BCUT2D eigenvalue weighted by molar-refractivity contribution is 5.77. The van der Waals surface area contributed by atoms with Gasteiger partial charge in [-0.1, -0.05) is 24.3 Å². The van der Waals surface area contributed by atoms with Crippen LogP contribution in [0.3, 0.4) is 0 Å². The Kier molecular flexibility index (Phi) is 5.48. The van der Waals surface area contributed by atoms with Gasteiger partial charge in [0.2, 0.25) is 0 Å². The molecule has 3 aromatic rings. The molecule has 1 amide bonds. The number of hydrogen-bond donors (Lipinski definition) is 1. The fourth-order valence-electron chi connectivity index (χ4n) is 2.48. The molecule has 2 heterocycles. The fraction of sp³-hybridized carbons (Fsp3) is 0.211. The van der Waals surface area contributed by atoms with Crippen molar-refractivity contribution in [2.24, 2.45) is 0 Å². The third-order valence-electron chi connectivity index (χ3n) is 3.73. The van der Waals surface area contributed by atoms with Gasteiger partial charge < -0.3 is 14.8 Å². The topological polar surface area (TPSA) is 77.8 Å². The van der Waals surface area contributed by atoms with Crippen LogP contribution in [0.2, 0.25) is 0 Å². The van der Waals surface area contributed by atoms with E-state index in [1.807, 2.05) is 60.0 Å². The summed E-state index contributed by atoms with van der Waals surface area (Å²) in [5.74, 6) is 1.50. The van der Waals surface area contributed by atoms with Crippen LogP contribution < -0.4 is 14.8 Å². The van der Waals surface area contributed by atoms with Crippen molar-refractivity contribution in [1.82, 2.24) is 19.9 Å². The van der Waals surface area contributed by atoms with Crippen LogP contribution >= 0.6 is 0 Å². The highest BCUT2D eigenvalue weighted by Crippen LogP contribution is 2.28. The Labute approximate surface area is 151 Å². The number of allylic oxidation sites excluding steroid dienone is 1. The number of hydrogen-bond acceptors (Lipinski definition) is 5. The molecule has 0 radical (unpaired) electrons. The lowest BCUT2D eigenvalue weighted by Gasteiger charge is -2.11. The van der Waals surface area contributed by atoms with Gasteiger partial charge in [-0.2, -0.15) is 0 Å². The van der Waals surface area contributed by atoms with Crippen LogP contribution in [0.1, 0.15) is 18.3 Å². The van der Waals surface area contributed by atoms with E-state index in [-0.39, 0.29) is 19.1 Å². The van der Waals surface area contributed by atoms with Crippen molar-refractivity contribution in [3.63, 3.8) is 0 Å². The zero-order valence-electron chi connectivity index (χ0n) is 14.7. The number of nitrogens with zero attached hydrogens (tertiary/aromatic N) is 3. The molecular formula is C19H20N4O3. The van der Waals surface area contributed by atoms with Crippen molar-refractivity contribution in [3.05, 3.63) is 60.1 Å². The molecule has 0 saturated heterocycles. The summed E-state index contributed by atoms with van der Waals surface area (Å²) < 4.78 is 12.7. The second-order valence-electron chi connectivity index (χ2n) is 5.52. The molecule has 1 aromatic carbocycles. The first-order chi connectivity index (χ1) is 12.7. The molecule has 0 aliphatic rings. The van der Waals surface area contributed by atoms with E-state index in [1.54, 1.807) is 13.2 Å². The van der Waals surface area contributed by atoms with Crippen molar-refractivity contribution in [3.8, 4) is 11.5 Å². The van der Waals surface area contributed by atoms with Gasteiger partial charge in [0.1, 0.15) is 0 Å². The predicted octanol–water partition coefficient (Wildman–Crippen LogP) is 2.47. The summed E-state index contributed by atoms with van der Waals surface area (Å²) in [6.45, 7) is 2.10. The Balaban J connectivity index is 1.57. The molecule has 7 heteroatoms. The quantitative estimate of drug-likeness (QED) is 0.707. The molecule has 7 nitrogen and oxygen atoms in total. The summed E-state index contributed by atoms with van der Waals surface area (Å²) in [5, 5.41) is 10.9. The molecule has 26 heavy (non-hydrogen) atoms. The Morgan fingerprint density at radius 1 is 1.23 bits per heavy atom. The number of rotatable bonds is 7. The normalized spacial score (nSPS) is 11.0. The fourth-order valence-corrected chi connectivity index (χ4v) is 2.48. The number of carbonyl (C=O) groups excluding carboxylic acids is 1. The van der Waals surface area contributed by atoms with Crippen molar-refractivity contribution in [2.75, 3.05) is 13.7 Å². The van der Waals surface area contributed by atoms with E-state index in [1.165, 1.54) is 0 Å². The molecule has 0 aliphatic heterocycles. The number of benzene rings is 1. The summed E-state index contributed by atoms with van der Waals surface area (Å²) in [7, 11) is 1.57. The maximum Gasteiger partial charge on any atom is 0.258 e. The minimum Gasteiger partial charge on any atom is -0.493 e. The van der Waals surface area contributed by atoms with Gasteiger partial charge in [0, 0.05) is 6.20 Å². The van der Waals surface area contributed by atoms with Gasteiger partial charge in [-0.25, -0.2) is 0 Å². The summed E-state index contributed by atoms with van der Waals surface area (Å²) in [6, 6.07) is 11.2. The van der Waals surface area contributed by atoms with Gasteiger partial charge >= 0.3 is 0 Å². The van der Waals surface area contributed by atoms with E-state index in [9.17, 15) is 4.79 Å². The van der Waals surface area contributed by atoms with Gasteiger partial charge in [-0.15, -0.1) is 10.2 Å². The molecule has 0 unspecified atom stereocenters. The SMILES string of the molecule is CC=Cc1ccc(OCC(=O)NCc2nnc3ccccn23)c(OC)c1. The smallest absolute Gasteiger partial charge is 0.258 e. The van der Waals surface area contributed by atoms with Gasteiger partial charge in [0.25, 0.3) is 5.91 Å². The van der Waals surface area contributed by atoms with Crippen LogP contribution in [0.5, 0.6) is 11.5 Å². The van der Waals surface area contributed by atoms with E-state index < -0.39 is 0 Å². The van der Waals surface area contributed by atoms with Gasteiger partial charge in [-0.3, -0.25) is 9.20 Å². The lowest BCUT2D eigenvalue weighted by molar-refractivity contribution is -0.123. The average Bonchev–Trinajstić information content (AvgIpc) is 3.08. The van der Waals surface area contributed by atoms with Crippen LogP contribution in [0.25, 0.3) is 11.7 Å². The van der Waals surface area contributed by atoms with E-state index in [0.717, 1.165) is 11.2 Å². The van der Waals surface area contributed by atoms with Crippen LogP contribution in [0, 0.1) is 0 Å². The summed E-state index contributed by atoms with van der Waals surface area (Å²) in [4.78, 5) is 12.1. The second-order valence-corrected chi connectivity index (χ2v) is 5.52. The first kappa shape index (κ1) is 17.5. The van der Waals surface area contributed by atoms with Gasteiger partial charge in [0.05, 0.1) is 13.7 Å². The Bertz CT molecular complexity index is 933. The Hall–Kier alpha value is -3.35. The van der Waals surface area contributed by atoms with Crippen LogP contribution in [0.4, 0.5) is 0 Å². The number of methoxy groups -OCH3 is 1. The summed E-state index contributed by atoms with van der Waals surface area (Å²) >= 11 is 0. The average molecular weight is 352 g/mol. The highest BCUT2D eigenvalue weighted by atomic mass is 16.5. The van der Waals surface area contributed by atoms with Crippen molar-refractivity contribution >= 4 is 17.6 Å². The molecule has 0 fully saturated rings. The number of fused-ring (bicyclic) bond motifs is 1. The second kappa shape index (κ2) is 8.15. The maximum absolute atomic E-state index is 12.1. The van der Waals surface area contributed by atoms with Crippen molar-refractivity contribution in [2.45, 2.75) is 13.5 Å². The first-order valence-corrected chi connectivity index (χ1v) is 8.20. The lowest BCUT2D eigenvalue weighted by Crippen LogP contribution is -2.29.